The molecule has 0 aliphatic heterocycles. The second-order valence-electron chi connectivity index (χ2n) is 7.70. The molecule has 0 saturated carbocycles. The van der Waals surface area contributed by atoms with Gasteiger partial charge in [-0.3, -0.25) is 0 Å². The molecule has 0 radical (unpaired) electrons. The van der Waals surface area contributed by atoms with E-state index in [2.05, 4.69) is 9.47 Å². The van der Waals surface area contributed by atoms with E-state index in [9.17, 15) is 34.8 Å². The third-order valence-corrected chi connectivity index (χ3v) is 6.53. The third kappa shape index (κ3) is 7.80. The van der Waals surface area contributed by atoms with Gasteiger partial charge in [-0.05, 0) is 60.7 Å². The normalized spacial score (nSPS) is 12.1. The van der Waals surface area contributed by atoms with Crippen LogP contribution >= 0.6 is 0 Å². The van der Waals surface area contributed by atoms with Crippen LogP contribution in [0.25, 0.3) is 0 Å². The lowest BCUT2D eigenvalue weighted by atomic mass is 10.3. The highest BCUT2D eigenvalue weighted by Gasteiger charge is 2.32. The molecule has 0 heterocycles. The van der Waals surface area contributed by atoms with Gasteiger partial charge in [-0.15, -0.1) is 26.3 Å². The maximum Gasteiger partial charge on any atom is 0.573 e. The second kappa shape index (κ2) is 10.8. The van der Waals surface area contributed by atoms with Crippen molar-refractivity contribution in [3.63, 3.8) is 0 Å². The van der Waals surface area contributed by atoms with E-state index < -0.39 is 34.1 Å². The number of hydrogen-bond donors (Lipinski definition) is 0. The Kier molecular flexibility index (Phi) is 7.63. The fraction of sp³-hybridized carbons (Fsp3) is 0.0769. The van der Waals surface area contributed by atoms with Gasteiger partial charge >= 0.3 is 12.7 Å². The van der Waals surface area contributed by atoms with E-state index in [1.54, 1.807) is 0 Å². The van der Waals surface area contributed by atoms with E-state index in [-0.39, 0.29) is 32.8 Å². The fourth-order valence-corrected chi connectivity index (χ4v) is 4.62. The van der Waals surface area contributed by atoms with Crippen LogP contribution in [0.1, 0.15) is 0 Å². The minimum atomic E-state index is -4.90. The lowest BCUT2D eigenvalue weighted by Gasteiger charge is -2.12. The average Bonchev–Trinajstić information content (AvgIpc) is 2.83. The Morgan fingerprint density at radius 1 is 0.462 bits per heavy atom. The summed E-state index contributed by atoms with van der Waals surface area (Å²) in [6, 6.07) is 19.9. The molecule has 204 valence electrons. The summed E-state index contributed by atoms with van der Waals surface area (Å²) in [5, 5.41) is 0. The number of rotatable bonds is 8. The van der Waals surface area contributed by atoms with Crippen molar-refractivity contribution in [2.24, 2.45) is 0 Å². The molecule has 0 unspecified atom stereocenters. The molecule has 39 heavy (non-hydrogen) atoms. The molecule has 0 aromatic heterocycles. The molecule has 0 N–H and O–H groups in total. The first-order valence-corrected chi connectivity index (χ1v) is 12.3. The summed E-state index contributed by atoms with van der Waals surface area (Å²) in [6.07, 6.45) is -9.80. The van der Waals surface area contributed by atoms with Gasteiger partial charge in [-0.25, -0.2) is 8.42 Å². The molecule has 6 nitrogen and oxygen atoms in total. The van der Waals surface area contributed by atoms with E-state index in [4.69, 9.17) is 9.47 Å². The Labute approximate surface area is 217 Å². The Morgan fingerprint density at radius 3 is 1.13 bits per heavy atom. The van der Waals surface area contributed by atoms with Gasteiger partial charge in [0.25, 0.3) is 0 Å². The lowest BCUT2D eigenvalue weighted by Crippen LogP contribution is -2.17. The first kappa shape index (κ1) is 27.6. The monoisotopic (exact) mass is 570 g/mol. The number of alkyl halides is 6. The molecule has 4 aromatic carbocycles. The molecule has 0 aliphatic rings. The van der Waals surface area contributed by atoms with Gasteiger partial charge in [-0.1, -0.05) is 24.3 Å². The van der Waals surface area contributed by atoms with Crippen LogP contribution in [0.15, 0.2) is 107 Å². The predicted molar refractivity (Wildman–Crippen MR) is 125 cm³/mol. The van der Waals surface area contributed by atoms with Crippen molar-refractivity contribution < 1.29 is 53.7 Å². The topological polar surface area (TPSA) is 71.1 Å². The predicted octanol–water partition coefficient (Wildman–Crippen LogP) is 7.90. The van der Waals surface area contributed by atoms with Crippen LogP contribution in [0.5, 0.6) is 34.5 Å². The van der Waals surface area contributed by atoms with Crippen LogP contribution in [0.4, 0.5) is 26.3 Å². The van der Waals surface area contributed by atoms with Crippen LogP contribution in [0.3, 0.4) is 0 Å². The highest BCUT2D eigenvalue weighted by Crippen LogP contribution is 2.33. The number of benzene rings is 4. The van der Waals surface area contributed by atoms with E-state index in [1.807, 2.05) is 0 Å². The minimum Gasteiger partial charge on any atom is -0.457 e. The molecule has 13 heteroatoms. The quantitative estimate of drug-likeness (QED) is 0.201. The van der Waals surface area contributed by atoms with Gasteiger partial charge in [0.05, 0.1) is 9.79 Å². The van der Waals surface area contributed by atoms with Crippen LogP contribution in [0.2, 0.25) is 0 Å². The zero-order valence-corrected chi connectivity index (χ0v) is 20.2. The summed E-state index contributed by atoms with van der Waals surface area (Å²) >= 11 is 0. The van der Waals surface area contributed by atoms with E-state index in [0.717, 1.165) is 24.3 Å². The third-order valence-electron chi connectivity index (χ3n) is 4.78. The first-order chi connectivity index (χ1) is 18.3. The summed E-state index contributed by atoms with van der Waals surface area (Å²) in [6.45, 7) is 0. The van der Waals surface area contributed by atoms with Crippen molar-refractivity contribution in [2.75, 3.05) is 0 Å². The van der Waals surface area contributed by atoms with Gasteiger partial charge in [0.1, 0.15) is 34.5 Å². The molecule has 0 atom stereocenters. The van der Waals surface area contributed by atoms with E-state index in [0.29, 0.717) is 0 Å². The Hall–Kier alpha value is -4.39. The largest absolute Gasteiger partial charge is 0.573 e. The Bertz CT molecular complexity index is 1460. The van der Waals surface area contributed by atoms with Crippen LogP contribution in [-0.2, 0) is 9.84 Å². The molecule has 4 rings (SSSR count). The zero-order chi connectivity index (χ0) is 28.3. The standard InChI is InChI=1S/C26H16F6O6S/c27-25(28,29)37-21-9-1-5-17(13-21)35-19-7-3-11-23(15-19)39(33,34)24-12-4-8-20(16-24)36-18-6-2-10-22(14-18)38-26(30,31)32/h1-16H. The highest BCUT2D eigenvalue weighted by molar-refractivity contribution is 7.91. The summed E-state index contributed by atoms with van der Waals surface area (Å²) < 4.78 is 120. The summed E-state index contributed by atoms with van der Waals surface area (Å²) in [4.78, 5) is -0.388. The smallest absolute Gasteiger partial charge is 0.457 e. The number of hydrogen-bond acceptors (Lipinski definition) is 6. The highest BCUT2D eigenvalue weighted by atomic mass is 32.2. The van der Waals surface area contributed by atoms with Crippen LogP contribution in [0, 0.1) is 0 Å². The number of ether oxygens (including phenoxy) is 4. The van der Waals surface area contributed by atoms with Crippen molar-refractivity contribution in [3.8, 4) is 34.5 Å². The number of sulfone groups is 1. The van der Waals surface area contributed by atoms with Crippen LogP contribution < -0.4 is 18.9 Å². The Morgan fingerprint density at radius 2 is 0.769 bits per heavy atom. The molecule has 0 spiro atoms. The number of halogens is 6. The molecule has 0 amide bonds. The van der Waals surface area contributed by atoms with Gasteiger partial charge in [0, 0.05) is 12.1 Å². The van der Waals surface area contributed by atoms with E-state index >= 15 is 0 Å². The minimum absolute atomic E-state index is 0.0223. The Balaban J connectivity index is 1.54. The maximum absolute atomic E-state index is 13.3. The SMILES string of the molecule is O=S(=O)(c1cccc(Oc2cccc(OC(F)(F)F)c2)c1)c1cccc(Oc2cccc(OC(F)(F)F)c2)c1. The molecule has 4 aromatic rings. The van der Waals surface area contributed by atoms with Crippen molar-refractivity contribution in [3.05, 3.63) is 97.1 Å². The van der Waals surface area contributed by atoms with Crippen molar-refractivity contribution in [2.45, 2.75) is 22.5 Å². The van der Waals surface area contributed by atoms with Gasteiger partial charge in [0.2, 0.25) is 9.84 Å². The summed E-state index contributed by atoms with van der Waals surface area (Å²) in [7, 11) is -4.14. The molecule has 0 fully saturated rings. The molecule has 0 aliphatic carbocycles. The van der Waals surface area contributed by atoms with Crippen molar-refractivity contribution in [1.29, 1.82) is 0 Å². The zero-order valence-electron chi connectivity index (χ0n) is 19.4. The maximum atomic E-state index is 13.3. The van der Waals surface area contributed by atoms with Crippen molar-refractivity contribution >= 4 is 9.84 Å². The average molecular weight is 570 g/mol. The van der Waals surface area contributed by atoms with Gasteiger partial charge in [0.15, 0.2) is 0 Å². The van der Waals surface area contributed by atoms with Gasteiger partial charge < -0.3 is 18.9 Å². The lowest BCUT2D eigenvalue weighted by molar-refractivity contribution is -0.275. The van der Waals surface area contributed by atoms with Crippen LogP contribution in [-0.4, -0.2) is 21.1 Å². The summed E-state index contributed by atoms with van der Waals surface area (Å²) in [5.74, 6) is -1.05. The first-order valence-electron chi connectivity index (χ1n) is 10.8. The van der Waals surface area contributed by atoms with Crippen molar-refractivity contribution in [1.82, 2.24) is 0 Å². The fourth-order valence-electron chi connectivity index (χ4n) is 3.29. The molecule has 0 bridgehead atoms. The van der Waals surface area contributed by atoms with E-state index in [1.165, 1.54) is 72.8 Å². The molecule has 0 saturated heterocycles. The molecular weight excluding hydrogens is 554 g/mol. The summed E-state index contributed by atoms with van der Waals surface area (Å²) in [5.41, 5.74) is 0. The van der Waals surface area contributed by atoms with Gasteiger partial charge in [-0.2, -0.15) is 0 Å². The molecular formula is C26H16F6O6S. The second-order valence-corrected chi connectivity index (χ2v) is 9.65.